The Balaban J connectivity index is 3.73. The summed E-state index contributed by atoms with van der Waals surface area (Å²) >= 11 is 0. The molecule has 0 saturated heterocycles. The van der Waals surface area contributed by atoms with Crippen LogP contribution in [0.15, 0.2) is 0 Å². The maximum Gasteiger partial charge on any atom is -0.00772 e. The van der Waals surface area contributed by atoms with E-state index >= 15 is 0 Å². The van der Waals surface area contributed by atoms with Gasteiger partial charge in [-0.15, -0.1) is 0 Å². The van der Waals surface area contributed by atoms with Crippen LogP contribution < -0.4 is 5.73 Å². The second kappa shape index (κ2) is 9.21. The Hall–Kier alpha value is -0.0400. The van der Waals surface area contributed by atoms with Crippen LogP contribution in [0.3, 0.4) is 0 Å². The quantitative estimate of drug-likeness (QED) is 0.610. The number of hydrogen-bond donors (Lipinski definition) is 1. The van der Waals surface area contributed by atoms with Crippen LogP contribution in [0.4, 0.5) is 0 Å². The standard InChI is InChI=1S/C14H31N/c1-12(2)7-9-14(6-5-11-15)10-8-13(3)4/h12-14H,5-11,15H2,1-4H3. The Morgan fingerprint density at radius 3 is 1.53 bits per heavy atom. The van der Waals surface area contributed by atoms with E-state index in [1.807, 2.05) is 0 Å². The summed E-state index contributed by atoms with van der Waals surface area (Å²) in [6, 6.07) is 0. The summed E-state index contributed by atoms with van der Waals surface area (Å²) in [6.45, 7) is 10.1. The smallest absolute Gasteiger partial charge is 0.00772 e. The first-order valence-corrected chi connectivity index (χ1v) is 6.76. The van der Waals surface area contributed by atoms with Crippen molar-refractivity contribution in [1.82, 2.24) is 0 Å². The fourth-order valence-electron chi connectivity index (χ4n) is 1.98. The molecule has 0 spiro atoms. The summed E-state index contributed by atoms with van der Waals surface area (Å²) in [5.41, 5.74) is 5.59. The minimum absolute atomic E-state index is 0.851. The molecule has 0 fully saturated rings. The van der Waals surface area contributed by atoms with Gasteiger partial charge in [-0.05, 0) is 37.1 Å². The zero-order valence-electron chi connectivity index (χ0n) is 11.3. The first-order chi connectivity index (χ1) is 7.06. The molecule has 1 nitrogen and oxygen atoms in total. The van der Waals surface area contributed by atoms with Gasteiger partial charge in [-0.3, -0.25) is 0 Å². The maximum atomic E-state index is 5.59. The summed E-state index contributed by atoms with van der Waals surface area (Å²) in [6.07, 6.45) is 8.13. The predicted molar refractivity (Wildman–Crippen MR) is 69.9 cm³/mol. The van der Waals surface area contributed by atoms with Gasteiger partial charge in [-0.2, -0.15) is 0 Å². The normalized spacial score (nSPS) is 12.0. The lowest BCUT2D eigenvalue weighted by Crippen LogP contribution is -2.08. The Labute approximate surface area is 96.8 Å². The molecule has 0 aliphatic rings. The molecule has 0 atom stereocenters. The van der Waals surface area contributed by atoms with Crippen molar-refractivity contribution in [3.05, 3.63) is 0 Å². The molecule has 0 aliphatic heterocycles. The summed E-state index contributed by atoms with van der Waals surface area (Å²) in [5.74, 6) is 2.63. The van der Waals surface area contributed by atoms with Gasteiger partial charge in [-0.25, -0.2) is 0 Å². The van der Waals surface area contributed by atoms with Crippen LogP contribution in [0.5, 0.6) is 0 Å². The van der Waals surface area contributed by atoms with E-state index in [4.69, 9.17) is 5.73 Å². The molecule has 1 heteroatoms. The van der Waals surface area contributed by atoms with Gasteiger partial charge in [-0.1, -0.05) is 53.4 Å². The minimum atomic E-state index is 0.851. The molecule has 0 amide bonds. The van der Waals surface area contributed by atoms with Gasteiger partial charge >= 0.3 is 0 Å². The molecule has 0 rings (SSSR count). The van der Waals surface area contributed by atoms with Crippen molar-refractivity contribution in [1.29, 1.82) is 0 Å². The van der Waals surface area contributed by atoms with Crippen molar-refractivity contribution in [3.63, 3.8) is 0 Å². The van der Waals surface area contributed by atoms with Gasteiger partial charge in [0.1, 0.15) is 0 Å². The highest BCUT2D eigenvalue weighted by Gasteiger charge is 2.10. The Bertz CT molecular complexity index is 117. The highest BCUT2D eigenvalue weighted by atomic mass is 14.5. The van der Waals surface area contributed by atoms with Gasteiger partial charge in [0.25, 0.3) is 0 Å². The van der Waals surface area contributed by atoms with Crippen molar-refractivity contribution in [2.75, 3.05) is 6.54 Å². The monoisotopic (exact) mass is 213 g/mol. The summed E-state index contributed by atoms with van der Waals surface area (Å²) in [7, 11) is 0. The average Bonchev–Trinajstić information content (AvgIpc) is 2.16. The fraction of sp³-hybridized carbons (Fsp3) is 1.00. The lowest BCUT2D eigenvalue weighted by molar-refractivity contribution is 0.346. The van der Waals surface area contributed by atoms with E-state index in [2.05, 4.69) is 27.7 Å². The highest BCUT2D eigenvalue weighted by Crippen LogP contribution is 2.23. The van der Waals surface area contributed by atoms with Crippen molar-refractivity contribution < 1.29 is 0 Å². The number of rotatable bonds is 9. The van der Waals surface area contributed by atoms with Crippen LogP contribution in [0.25, 0.3) is 0 Å². The van der Waals surface area contributed by atoms with Crippen LogP contribution in [0, 0.1) is 17.8 Å². The first kappa shape index (κ1) is 15.0. The molecule has 0 unspecified atom stereocenters. The van der Waals surface area contributed by atoms with Gasteiger partial charge in [0.05, 0.1) is 0 Å². The van der Waals surface area contributed by atoms with E-state index in [1.165, 1.54) is 38.5 Å². The third kappa shape index (κ3) is 10.2. The van der Waals surface area contributed by atoms with Crippen LogP contribution in [-0.2, 0) is 0 Å². The van der Waals surface area contributed by atoms with Gasteiger partial charge in [0.15, 0.2) is 0 Å². The lowest BCUT2D eigenvalue weighted by Gasteiger charge is -2.18. The average molecular weight is 213 g/mol. The molecule has 0 aromatic rings. The minimum Gasteiger partial charge on any atom is -0.330 e. The van der Waals surface area contributed by atoms with Crippen molar-refractivity contribution in [3.8, 4) is 0 Å². The molecule has 92 valence electrons. The molecule has 0 aromatic heterocycles. The van der Waals surface area contributed by atoms with Crippen LogP contribution in [0.2, 0.25) is 0 Å². The summed E-state index contributed by atoms with van der Waals surface area (Å²) < 4.78 is 0. The molecule has 0 saturated carbocycles. The Morgan fingerprint density at radius 1 is 0.733 bits per heavy atom. The van der Waals surface area contributed by atoms with E-state index in [-0.39, 0.29) is 0 Å². The molecular formula is C14H31N. The molecule has 0 heterocycles. The molecule has 15 heavy (non-hydrogen) atoms. The summed E-state index contributed by atoms with van der Waals surface area (Å²) in [5, 5.41) is 0. The summed E-state index contributed by atoms with van der Waals surface area (Å²) in [4.78, 5) is 0. The van der Waals surface area contributed by atoms with Crippen molar-refractivity contribution in [2.45, 2.75) is 66.2 Å². The third-order valence-electron chi connectivity index (χ3n) is 3.12. The second-order valence-corrected chi connectivity index (χ2v) is 5.74. The van der Waals surface area contributed by atoms with Crippen molar-refractivity contribution in [2.24, 2.45) is 23.5 Å². The van der Waals surface area contributed by atoms with E-state index in [1.54, 1.807) is 0 Å². The van der Waals surface area contributed by atoms with E-state index in [0.717, 1.165) is 24.3 Å². The lowest BCUT2D eigenvalue weighted by atomic mass is 9.88. The molecular weight excluding hydrogens is 182 g/mol. The van der Waals surface area contributed by atoms with Gasteiger partial charge in [0.2, 0.25) is 0 Å². The third-order valence-corrected chi connectivity index (χ3v) is 3.12. The molecule has 0 radical (unpaired) electrons. The molecule has 0 aromatic carbocycles. The topological polar surface area (TPSA) is 26.0 Å². The van der Waals surface area contributed by atoms with Gasteiger partial charge < -0.3 is 5.73 Å². The maximum absolute atomic E-state index is 5.59. The number of nitrogens with two attached hydrogens (primary N) is 1. The van der Waals surface area contributed by atoms with Crippen molar-refractivity contribution >= 4 is 0 Å². The molecule has 0 aliphatic carbocycles. The zero-order valence-corrected chi connectivity index (χ0v) is 11.3. The first-order valence-electron chi connectivity index (χ1n) is 6.76. The second-order valence-electron chi connectivity index (χ2n) is 5.74. The highest BCUT2D eigenvalue weighted by molar-refractivity contribution is 4.63. The largest absolute Gasteiger partial charge is 0.330 e. The zero-order chi connectivity index (χ0) is 11.7. The van der Waals surface area contributed by atoms with Crippen LogP contribution >= 0.6 is 0 Å². The van der Waals surface area contributed by atoms with Crippen LogP contribution in [0.1, 0.15) is 66.2 Å². The number of hydrogen-bond acceptors (Lipinski definition) is 1. The predicted octanol–water partition coefficient (Wildman–Crippen LogP) is 4.21. The van der Waals surface area contributed by atoms with Crippen LogP contribution in [-0.4, -0.2) is 6.54 Å². The molecule has 2 N–H and O–H groups in total. The van der Waals surface area contributed by atoms with E-state index in [0.29, 0.717) is 0 Å². The van der Waals surface area contributed by atoms with E-state index < -0.39 is 0 Å². The SMILES string of the molecule is CC(C)CCC(CCCN)CCC(C)C. The molecule has 0 bridgehead atoms. The Morgan fingerprint density at radius 2 is 1.20 bits per heavy atom. The Kier molecular flexibility index (Phi) is 9.18. The fourth-order valence-corrected chi connectivity index (χ4v) is 1.98. The van der Waals surface area contributed by atoms with Gasteiger partial charge in [0, 0.05) is 0 Å². The van der Waals surface area contributed by atoms with E-state index in [9.17, 15) is 0 Å².